The molecule has 0 saturated carbocycles. The Morgan fingerprint density at radius 2 is 1.90 bits per heavy atom. The first-order valence-corrected chi connectivity index (χ1v) is 7.71. The van der Waals surface area contributed by atoms with Crippen LogP contribution in [0, 0.1) is 0 Å². The zero-order valence-electron chi connectivity index (χ0n) is 13.5. The van der Waals surface area contributed by atoms with Gasteiger partial charge in [0.1, 0.15) is 0 Å². The summed E-state index contributed by atoms with van der Waals surface area (Å²) in [6.45, 7) is 6.42. The van der Waals surface area contributed by atoms with E-state index in [9.17, 15) is 0 Å². The number of hydrogen-bond acceptors (Lipinski definition) is 3. The van der Waals surface area contributed by atoms with Crippen molar-refractivity contribution in [3.8, 4) is 0 Å². The van der Waals surface area contributed by atoms with Gasteiger partial charge in [-0.05, 0) is 36.5 Å². The molecule has 1 aromatic heterocycles. The Kier molecular flexibility index (Phi) is 4.89. The van der Waals surface area contributed by atoms with Crippen LogP contribution in [-0.2, 0) is 13.5 Å². The molecule has 0 aliphatic carbocycles. The zero-order valence-corrected chi connectivity index (χ0v) is 13.5. The van der Waals surface area contributed by atoms with E-state index in [0.29, 0.717) is 5.92 Å². The van der Waals surface area contributed by atoms with E-state index in [1.807, 2.05) is 11.7 Å². The molecule has 0 radical (unpaired) electrons. The lowest BCUT2D eigenvalue weighted by Gasteiger charge is -2.09. The zero-order chi connectivity index (χ0) is 15.4. The number of unbranched alkanes of at least 4 members (excludes halogenated alkanes) is 1. The average Bonchev–Trinajstić information content (AvgIpc) is 2.75. The van der Waals surface area contributed by atoms with E-state index in [4.69, 9.17) is 5.73 Å². The van der Waals surface area contributed by atoms with E-state index in [0.717, 1.165) is 29.3 Å². The van der Waals surface area contributed by atoms with Crippen LogP contribution >= 0.6 is 0 Å². The van der Waals surface area contributed by atoms with Crippen LogP contribution in [0.3, 0.4) is 0 Å². The Bertz CT molecular complexity index is 582. The summed E-state index contributed by atoms with van der Waals surface area (Å²) in [6, 6.07) is 8.56. The van der Waals surface area contributed by atoms with Gasteiger partial charge in [0.25, 0.3) is 0 Å². The highest BCUT2D eigenvalue weighted by molar-refractivity contribution is 5.71. The predicted octanol–water partition coefficient (Wildman–Crippen LogP) is 4.21. The van der Waals surface area contributed by atoms with Gasteiger partial charge in [0, 0.05) is 12.7 Å². The summed E-state index contributed by atoms with van der Waals surface area (Å²) in [5.74, 6) is 1.18. The fourth-order valence-corrected chi connectivity index (χ4v) is 2.41. The molecule has 114 valence electrons. The largest absolute Gasteiger partial charge is 0.394 e. The molecular formula is C17H26N4. The third-order valence-electron chi connectivity index (χ3n) is 3.69. The number of aromatic nitrogens is 2. The van der Waals surface area contributed by atoms with Gasteiger partial charge < -0.3 is 11.1 Å². The van der Waals surface area contributed by atoms with Crippen molar-refractivity contribution in [1.82, 2.24) is 9.78 Å². The molecule has 0 aliphatic rings. The number of rotatable bonds is 6. The minimum atomic E-state index is 0.322. The molecule has 0 aliphatic heterocycles. The Hall–Kier alpha value is -1.97. The summed E-state index contributed by atoms with van der Waals surface area (Å²) in [5.41, 5.74) is 10.3. The summed E-state index contributed by atoms with van der Waals surface area (Å²) >= 11 is 0. The van der Waals surface area contributed by atoms with Gasteiger partial charge in [-0.2, -0.15) is 5.10 Å². The van der Waals surface area contributed by atoms with Crippen molar-refractivity contribution >= 4 is 17.2 Å². The lowest BCUT2D eigenvalue weighted by atomic mass is 10.1. The standard InChI is InChI=1S/C17H26N4/c1-5-6-7-13-8-10-14(11-9-13)19-17-15(18)16(12(2)3)20-21(17)4/h8-12,19H,5-7,18H2,1-4H3. The topological polar surface area (TPSA) is 55.9 Å². The Labute approximate surface area is 127 Å². The lowest BCUT2D eigenvalue weighted by Crippen LogP contribution is -2.01. The summed E-state index contributed by atoms with van der Waals surface area (Å²) in [4.78, 5) is 0. The number of benzene rings is 1. The molecule has 4 nitrogen and oxygen atoms in total. The molecule has 3 N–H and O–H groups in total. The quantitative estimate of drug-likeness (QED) is 0.836. The van der Waals surface area contributed by atoms with Crippen LogP contribution in [0.15, 0.2) is 24.3 Å². The summed E-state index contributed by atoms with van der Waals surface area (Å²) in [6.07, 6.45) is 3.60. The number of nitrogen functional groups attached to an aromatic ring is 1. The van der Waals surface area contributed by atoms with Crippen molar-refractivity contribution in [3.63, 3.8) is 0 Å². The molecule has 21 heavy (non-hydrogen) atoms. The van der Waals surface area contributed by atoms with Crippen LogP contribution in [-0.4, -0.2) is 9.78 Å². The molecule has 4 heteroatoms. The van der Waals surface area contributed by atoms with E-state index < -0.39 is 0 Å². The maximum Gasteiger partial charge on any atom is 0.152 e. The van der Waals surface area contributed by atoms with E-state index >= 15 is 0 Å². The molecule has 0 amide bonds. The molecule has 2 rings (SSSR count). The highest BCUT2D eigenvalue weighted by Crippen LogP contribution is 2.30. The maximum atomic E-state index is 6.20. The molecule has 2 aromatic rings. The van der Waals surface area contributed by atoms with Crippen LogP contribution in [0.5, 0.6) is 0 Å². The van der Waals surface area contributed by atoms with Crippen molar-refractivity contribution < 1.29 is 0 Å². The van der Waals surface area contributed by atoms with E-state index in [2.05, 4.69) is 55.5 Å². The molecule has 1 aromatic carbocycles. The van der Waals surface area contributed by atoms with Gasteiger partial charge in [0.05, 0.1) is 11.4 Å². The number of hydrogen-bond donors (Lipinski definition) is 2. The van der Waals surface area contributed by atoms with Gasteiger partial charge in [-0.15, -0.1) is 0 Å². The van der Waals surface area contributed by atoms with E-state index in [1.165, 1.54) is 18.4 Å². The van der Waals surface area contributed by atoms with E-state index in [1.54, 1.807) is 0 Å². The number of nitrogens with one attached hydrogen (secondary N) is 1. The second kappa shape index (κ2) is 6.66. The second-order valence-electron chi connectivity index (χ2n) is 5.85. The first-order chi connectivity index (χ1) is 10.0. The van der Waals surface area contributed by atoms with Gasteiger partial charge in [-0.1, -0.05) is 39.3 Å². The molecule has 0 bridgehead atoms. The van der Waals surface area contributed by atoms with Gasteiger partial charge in [-0.25, -0.2) is 0 Å². The Morgan fingerprint density at radius 3 is 2.43 bits per heavy atom. The van der Waals surface area contributed by atoms with Crippen molar-refractivity contribution in [1.29, 1.82) is 0 Å². The van der Waals surface area contributed by atoms with Crippen molar-refractivity contribution in [2.24, 2.45) is 7.05 Å². The molecule has 0 atom stereocenters. The number of nitrogens with two attached hydrogens (primary N) is 1. The Morgan fingerprint density at radius 1 is 1.24 bits per heavy atom. The van der Waals surface area contributed by atoms with Gasteiger partial charge in [-0.3, -0.25) is 4.68 Å². The smallest absolute Gasteiger partial charge is 0.152 e. The first kappa shape index (κ1) is 15.4. The first-order valence-electron chi connectivity index (χ1n) is 7.71. The van der Waals surface area contributed by atoms with Gasteiger partial charge in [0.15, 0.2) is 5.82 Å². The minimum absolute atomic E-state index is 0.322. The van der Waals surface area contributed by atoms with E-state index in [-0.39, 0.29) is 0 Å². The van der Waals surface area contributed by atoms with Crippen LogP contribution in [0.1, 0.15) is 50.8 Å². The molecule has 0 fully saturated rings. The van der Waals surface area contributed by atoms with Crippen LogP contribution < -0.4 is 11.1 Å². The third-order valence-corrected chi connectivity index (χ3v) is 3.69. The van der Waals surface area contributed by atoms with Crippen molar-refractivity contribution in [2.45, 2.75) is 46.0 Å². The van der Waals surface area contributed by atoms with Crippen LogP contribution in [0.4, 0.5) is 17.2 Å². The highest BCUT2D eigenvalue weighted by Gasteiger charge is 2.15. The predicted molar refractivity (Wildman–Crippen MR) is 90.0 cm³/mol. The summed E-state index contributed by atoms with van der Waals surface area (Å²) in [5, 5.41) is 7.87. The fourth-order valence-electron chi connectivity index (χ4n) is 2.41. The maximum absolute atomic E-state index is 6.20. The third kappa shape index (κ3) is 3.57. The van der Waals surface area contributed by atoms with Gasteiger partial charge >= 0.3 is 0 Å². The summed E-state index contributed by atoms with van der Waals surface area (Å²) in [7, 11) is 1.92. The highest BCUT2D eigenvalue weighted by atomic mass is 15.3. The summed E-state index contributed by atoms with van der Waals surface area (Å²) < 4.78 is 1.82. The minimum Gasteiger partial charge on any atom is -0.394 e. The molecule has 0 saturated heterocycles. The van der Waals surface area contributed by atoms with Crippen LogP contribution in [0.25, 0.3) is 0 Å². The van der Waals surface area contributed by atoms with Gasteiger partial charge in [0.2, 0.25) is 0 Å². The van der Waals surface area contributed by atoms with Crippen molar-refractivity contribution in [2.75, 3.05) is 11.1 Å². The fraction of sp³-hybridized carbons (Fsp3) is 0.471. The van der Waals surface area contributed by atoms with Crippen LogP contribution in [0.2, 0.25) is 0 Å². The average molecular weight is 286 g/mol. The Balaban J connectivity index is 2.15. The number of anilines is 3. The SMILES string of the molecule is CCCCc1ccc(Nc2c(N)c(C(C)C)nn2C)cc1. The monoisotopic (exact) mass is 286 g/mol. The number of nitrogens with zero attached hydrogens (tertiary/aromatic N) is 2. The molecule has 0 unspecified atom stereocenters. The second-order valence-corrected chi connectivity index (χ2v) is 5.85. The lowest BCUT2D eigenvalue weighted by molar-refractivity contribution is 0.718. The molecule has 1 heterocycles. The molecule has 0 spiro atoms. The molecular weight excluding hydrogens is 260 g/mol. The normalized spacial score (nSPS) is 11.1. The number of aryl methyl sites for hydroxylation is 2. The van der Waals surface area contributed by atoms with Crippen molar-refractivity contribution in [3.05, 3.63) is 35.5 Å².